The molecule has 3 heterocycles. The highest BCUT2D eigenvalue weighted by Gasteiger charge is 2.31. The molecule has 1 aliphatic carbocycles. The number of nitrogens with zero attached hydrogens (tertiary/aromatic N) is 5. The number of piperidine rings is 1. The highest BCUT2D eigenvalue weighted by molar-refractivity contribution is 5.92. The van der Waals surface area contributed by atoms with Gasteiger partial charge >= 0.3 is 0 Å². The Hall–Kier alpha value is -2.44. The SMILES string of the molecule is Cc1cc(N(C)C2CCN(C(=O)c3cc(C4CC4)on3)CC2)ncn1. The van der Waals surface area contributed by atoms with E-state index in [1.807, 2.05) is 24.0 Å². The van der Waals surface area contributed by atoms with Crippen molar-refractivity contribution in [3.8, 4) is 0 Å². The minimum atomic E-state index is -0.0189. The molecule has 7 heteroatoms. The molecule has 7 nitrogen and oxygen atoms in total. The van der Waals surface area contributed by atoms with Crippen molar-refractivity contribution in [2.24, 2.45) is 0 Å². The molecule has 2 aromatic rings. The van der Waals surface area contributed by atoms with Crippen LogP contribution in [-0.4, -0.2) is 52.1 Å². The van der Waals surface area contributed by atoms with Crippen LogP contribution in [0.1, 0.15) is 53.5 Å². The number of carbonyl (C=O) groups is 1. The van der Waals surface area contributed by atoms with Gasteiger partial charge in [0.25, 0.3) is 5.91 Å². The maximum atomic E-state index is 12.6. The summed E-state index contributed by atoms with van der Waals surface area (Å²) in [6.07, 6.45) is 5.71. The van der Waals surface area contributed by atoms with Crippen LogP contribution in [0.15, 0.2) is 23.0 Å². The molecule has 0 aromatic carbocycles. The molecular weight excluding hydrogens is 318 g/mol. The van der Waals surface area contributed by atoms with Crippen molar-refractivity contribution >= 4 is 11.7 Å². The zero-order chi connectivity index (χ0) is 17.4. The van der Waals surface area contributed by atoms with E-state index in [1.165, 1.54) is 0 Å². The summed E-state index contributed by atoms with van der Waals surface area (Å²) in [5, 5.41) is 3.97. The van der Waals surface area contributed by atoms with Gasteiger partial charge in [0.2, 0.25) is 0 Å². The highest BCUT2D eigenvalue weighted by atomic mass is 16.5. The fourth-order valence-electron chi connectivity index (χ4n) is 3.39. The average Bonchev–Trinajstić information content (AvgIpc) is 3.37. The van der Waals surface area contributed by atoms with E-state index in [4.69, 9.17) is 4.52 Å². The van der Waals surface area contributed by atoms with E-state index in [9.17, 15) is 4.79 Å². The molecular formula is C18H23N5O2. The molecule has 0 bridgehead atoms. The summed E-state index contributed by atoms with van der Waals surface area (Å²) < 4.78 is 5.31. The maximum absolute atomic E-state index is 12.6. The molecule has 1 aliphatic heterocycles. The fraction of sp³-hybridized carbons (Fsp3) is 0.556. The third kappa shape index (κ3) is 3.36. The number of amides is 1. The van der Waals surface area contributed by atoms with Crippen LogP contribution in [0.5, 0.6) is 0 Å². The molecule has 0 unspecified atom stereocenters. The largest absolute Gasteiger partial charge is 0.360 e. The van der Waals surface area contributed by atoms with Crippen LogP contribution in [0.4, 0.5) is 5.82 Å². The third-order valence-electron chi connectivity index (χ3n) is 5.18. The van der Waals surface area contributed by atoms with Crippen molar-refractivity contribution in [3.05, 3.63) is 35.6 Å². The van der Waals surface area contributed by atoms with E-state index >= 15 is 0 Å². The zero-order valence-electron chi connectivity index (χ0n) is 14.7. The number of likely N-dealkylation sites (tertiary alicyclic amines) is 1. The van der Waals surface area contributed by atoms with Crippen molar-refractivity contribution in [1.29, 1.82) is 0 Å². The van der Waals surface area contributed by atoms with Crippen LogP contribution in [0.3, 0.4) is 0 Å². The van der Waals surface area contributed by atoms with Crippen LogP contribution in [0, 0.1) is 6.92 Å². The van der Waals surface area contributed by atoms with Crippen molar-refractivity contribution in [2.75, 3.05) is 25.0 Å². The second-order valence-electron chi connectivity index (χ2n) is 7.04. The van der Waals surface area contributed by atoms with Gasteiger partial charge in [-0.3, -0.25) is 4.79 Å². The highest BCUT2D eigenvalue weighted by Crippen LogP contribution is 2.40. The van der Waals surface area contributed by atoms with Gasteiger partial charge in [-0.15, -0.1) is 0 Å². The Balaban J connectivity index is 1.36. The van der Waals surface area contributed by atoms with Crippen molar-refractivity contribution in [1.82, 2.24) is 20.0 Å². The standard InChI is InChI=1S/C18H23N5O2/c1-12-9-17(20-11-19-12)22(2)14-5-7-23(8-6-14)18(24)15-10-16(25-21-15)13-3-4-13/h9-11,13-14H,3-8H2,1-2H3. The van der Waals surface area contributed by atoms with Gasteiger partial charge in [-0.25, -0.2) is 9.97 Å². The van der Waals surface area contributed by atoms with Crippen molar-refractivity contribution in [3.63, 3.8) is 0 Å². The molecule has 132 valence electrons. The van der Waals surface area contributed by atoms with Gasteiger partial charge in [0, 0.05) is 49.9 Å². The number of hydrogen-bond acceptors (Lipinski definition) is 6. The Labute approximate surface area is 147 Å². The first kappa shape index (κ1) is 16.1. The lowest BCUT2D eigenvalue weighted by molar-refractivity contribution is 0.0702. The van der Waals surface area contributed by atoms with Gasteiger partial charge < -0.3 is 14.3 Å². The predicted molar refractivity (Wildman–Crippen MR) is 92.6 cm³/mol. The lowest BCUT2D eigenvalue weighted by Crippen LogP contribution is -2.46. The average molecular weight is 341 g/mol. The number of aryl methyl sites for hydroxylation is 1. The van der Waals surface area contributed by atoms with E-state index in [1.54, 1.807) is 6.33 Å². The Morgan fingerprint density at radius 3 is 2.64 bits per heavy atom. The monoisotopic (exact) mass is 341 g/mol. The smallest absolute Gasteiger partial charge is 0.276 e. The van der Waals surface area contributed by atoms with Gasteiger partial charge in [0.15, 0.2) is 5.69 Å². The second kappa shape index (κ2) is 6.46. The van der Waals surface area contributed by atoms with Gasteiger partial charge in [0.1, 0.15) is 17.9 Å². The summed E-state index contributed by atoms with van der Waals surface area (Å²) in [6, 6.07) is 4.19. The summed E-state index contributed by atoms with van der Waals surface area (Å²) >= 11 is 0. The van der Waals surface area contributed by atoms with E-state index in [0.717, 1.165) is 56.0 Å². The summed E-state index contributed by atoms with van der Waals surface area (Å²) in [4.78, 5) is 25.2. The lowest BCUT2D eigenvalue weighted by Gasteiger charge is -2.37. The zero-order valence-corrected chi connectivity index (χ0v) is 14.7. The molecule has 0 atom stereocenters. The van der Waals surface area contributed by atoms with Crippen LogP contribution in [0.2, 0.25) is 0 Å². The quantitative estimate of drug-likeness (QED) is 0.850. The molecule has 0 spiro atoms. The van der Waals surface area contributed by atoms with E-state index in [-0.39, 0.29) is 5.91 Å². The molecule has 1 saturated heterocycles. The first-order valence-corrected chi connectivity index (χ1v) is 8.89. The van der Waals surface area contributed by atoms with Crippen molar-refractivity contribution < 1.29 is 9.32 Å². The molecule has 2 aliphatic rings. The van der Waals surface area contributed by atoms with E-state index in [2.05, 4.69) is 27.1 Å². The molecule has 25 heavy (non-hydrogen) atoms. The number of rotatable bonds is 4. The van der Waals surface area contributed by atoms with Crippen LogP contribution >= 0.6 is 0 Å². The molecule has 0 radical (unpaired) electrons. The molecule has 4 rings (SSSR count). The van der Waals surface area contributed by atoms with E-state index in [0.29, 0.717) is 17.7 Å². The Kier molecular flexibility index (Phi) is 4.15. The number of aromatic nitrogens is 3. The summed E-state index contributed by atoms with van der Waals surface area (Å²) in [5.41, 5.74) is 1.40. The first-order valence-electron chi connectivity index (χ1n) is 8.89. The Bertz CT molecular complexity index is 762. The molecule has 2 aromatic heterocycles. The molecule has 2 fully saturated rings. The second-order valence-corrected chi connectivity index (χ2v) is 7.04. The maximum Gasteiger partial charge on any atom is 0.276 e. The Morgan fingerprint density at radius 1 is 1.20 bits per heavy atom. The number of carbonyl (C=O) groups excluding carboxylic acids is 1. The van der Waals surface area contributed by atoms with Gasteiger partial charge in [-0.1, -0.05) is 5.16 Å². The van der Waals surface area contributed by atoms with Crippen LogP contribution in [0.25, 0.3) is 0 Å². The van der Waals surface area contributed by atoms with Gasteiger partial charge in [0.05, 0.1) is 0 Å². The van der Waals surface area contributed by atoms with Gasteiger partial charge in [-0.05, 0) is 32.6 Å². The van der Waals surface area contributed by atoms with E-state index < -0.39 is 0 Å². The third-order valence-corrected chi connectivity index (χ3v) is 5.18. The van der Waals surface area contributed by atoms with Crippen LogP contribution in [-0.2, 0) is 0 Å². The number of hydrogen-bond donors (Lipinski definition) is 0. The summed E-state index contributed by atoms with van der Waals surface area (Å²) in [5.74, 6) is 2.25. The van der Waals surface area contributed by atoms with Gasteiger partial charge in [-0.2, -0.15) is 0 Å². The Morgan fingerprint density at radius 2 is 1.96 bits per heavy atom. The summed E-state index contributed by atoms with van der Waals surface area (Å²) in [6.45, 7) is 3.42. The minimum Gasteiger partial charge on any atom is -0.360 e. The normalized spacial score (nSPS) is 18.4. The fourth-order valence-corrected chi connectivity index (χ4v) is 3.39. The molecule has 1 saturated carbocycles. The first-order chi connectivity index (χ1) is 12.1. The molecule has 0 N–H and O–H groups in total. The predicted octanol–water partition coefficient (Wildman–Crippen LogP) is 2.39. The number of anilines is 1. The van der Waals surface area contributed by atoms with Crippen molar-refractivity contribution in [2.45, 2.75) is 44.6 Å². The molecule has 1 amide bonds. The minimum absolute atomic E-state index is 0.0189. The topological polar surface area (TPSA) is 75.4 Å². The summed E-state index contributed by atoms with van der Waals surface area (Å²) in [7, 11) is 2.06. The van der Waals surface area contributed by atoms with Crippen LogP contribution < -0.4 is 4.90 Å². The lowest BCUT2D eigenvalue weighted by atomic mass is 10.0.